The van der Waals surface area contributed by atoms with Gasteiger partial charge in [0.15, 0.2) is 0 Å². The first-order valence-corrected chi connectivity index (χ1v) is 11.8. The molecule has 1 fully saturated rings. The lowest BCUT2D eigenvalue weighted by Crippen LogP contribution is -2.40. The van der Waals surface area contributed by atoms with Gasteiger partial charge in [-0.1, -0.05) is 12.2 Å². The van der Waals surface area contributed by atoms with Gasteiger partial charge in [0.1, 0.15) is 5.82 Å². The monoisotopic (exact) mass is 460 g/mol. The number of aromatic nitrogens is 3. The number of nitrogens with zero attached hydrogens (tertiary/aromatic N) is 3. The molecule has 8 nitrogen and oxygen atoms in total. The van der Waals surface area contributed by atoms with Crippen LogP contribution in [0.15, 0.2) is 60.5 Å². The highest BCUT2D eigenvalue weighted by Gasteiger charge is 2.26. The second kappa shape index (κ2) is 9.97. The van der Waals surface area contributed by atoms with Gasteiger partial charge in [0.2, 0.25) is 5.95 Å². The van der Waals surface area contributed by atoms with E-state index in [-0.39, 0.29) is 5.60 Å². The smallest absolute Gasteiger partial charge is 0.228 e. The minimum absolute atomic E-state index is 0.358. The van der Waals surface area contributed by atoms with Gasteiger partial charge >= 0.3 is 0 Å². The van der Waals surface area contributed by atoms with Crippen LogP contribution >= 0.6 is 0 Å². The summed E-state index contributed by atoms with van der Waals surface area (Å²) in [4.78, 5) is 14.8. The molecule has 0 radical (unpaired) electrons. The van der Waals surface area contributed by atoms with Gasteiger partial charge in [-0.15, -0.1) is 0 Å². The van der Waals surface area contributed by atoms with Gasteiger partial charge in [0.05, 0.1) is 25.4 Å². The van der Waals surface area contributed by atoms with E-state index < -0.39 is 0 Å². The third-order valence-electron chi connectivity index (χ3n) is 6.19. The molecule has 1 unspecified atom stereocenters. The summed E-state index contributed by atoms with van der Waals surface area (Å²) in [6.07, 6.45) is 8.70. The maximum Gasteiger partial charge on any atom is 0.228 e. The summed E-state index contributed by atoms with van der Waals surface area (Å²) in [5.74, 6) is 1.29. The Hall–Kier alpha value is -3.20. The molecule has 3 N–H and O–H groups in total. The number of rotatable bonds is 8. The Balaban J connectivity index is 1.18. The summed E-state index contributed by atoms with van der Waals surface area (Å²) in [7, 11) is 0. The molecule has 34 heavy (non-hydrogen) atoms. The van der Waals surface area contributed by atoms with Crippen LogP contribution in [0.2, 0.25) is 0 Å². The van der Waals surface area contributed by atoms with Crippen molar-refractivity contribution in [2.75, 3.05) is 50.1 Å². The SMILES string of the molecule is Cc1cc2cc(Nc3ccnc(NC4=CC=CC(C)(OCCN5CCOCC5)C4)n3)ccc2[nH]1. The van der Waals surface area contributed by atoms with Crippen molar-refractivity contribution in [3.8, 4) is 0 Å². The van der Waals surface area contributed by atoms with Crippen molar-refractivity contribution in [3.63, 3.8) is 0 Å². The van der Waals surface area contributed by atoms with Crippen LogP contribution in [0.5, 0.6) is 0 Å². The third-order valence-corrected chi connectivity index (χ3v) is 6.19. The number of morpholine rings is 1. The molecule has 5 rings (SSSR count). The maximum absolute atomic E-state index is 6.27. The molecule has 1 aliphatic carbocycles. The number of benzene rings is 1. The molecule has 2 aliphatic rings. The fraction of sp³-hybridized carbons (Fsp3) is 0.385. The van der Waals surface area contributed by atoms with Crippen LogP contribution in [0.4, 0.5) is 17.5 Å². The molecule has 0 saturated carbocycles. The third kappa shape index (κ3) is 5.64. The molecule has 0 bridgehead atoms. The second-order valence-corrected chi connectivity index (χ2v) is 9.11. The van der Waals surface area contributed by atoms with Crippen LogP contribution in [0.3, 0.4) is 0 Å². The molecule has 1 aromatic carbocycles. The van der Waals surface area contributed by atoms with Crippen molar-refractivity contribution in [2.24, 2.45) is 0 Å². The molecule has 1 saturated heterocycles. The van der Waals surface area contributed by atoms with Gasteiger partial charge in [-0.25, -0.2) is 4.98 Å². The topological polar surface area (TPSA) is 87.3 Å². The predicted molar refractivity (Wildman–Crippen MR) is 135 cm³/mol. The molecule has 3 heterocycles. The van der Waals surface area contributed by atoms with E-state index in [1.807, 2.05) is 18.2 Å². The molecule has 178 valence electrons. The predicted octanol–water partition coefficient (Wildman–Crippen LogP) is 4.37. The molecule has 3 aromatic rings. The van der Waals surface area contributed by atoms with Gasteiger partial charge in [0.25, 0.3) is 0 Å². The van der Waals surface area contributed by atoms with E-state index in [1.165, 1.54) is 5.39 Å². The van der Waals surface area contributed by atoms with Crippen molar-refractivity contribution < 1.29 is 9.47 Å². The molecule has 2 aromatic heterocycles. The number of anilines is 3. The van der Waals surface area contributed by atoms with Crippen LogP contribution in [0.1, 0.15) is 19.0 Å². The van der Waals surface area contributed by atoms with Gasteiger partial charge in [0, 0.05) is 60.2 Å². The van der Waals surface area contributed by atoms with E-state index in [0.717, 1.165) is 67.7 Å². The Morgan fingerprint density at radius 1 is 1.18 bits per heavy atom. The van der Waals surface area contributed by atoms with Crippen molar-refractivity contribution in [3.05, 3.63) is 66.1 Å². The highest BCUT2D eigenvalue weighted by Crippen LogP contribution is 2.27. The normalized spacial score (nSPS) is 20.9. The number of allylic oxidation sites excluding steroid dienone is 2. The quantitative estimate of drug-likeness (QED) is 0.460. The highest BCUT2D eigenvalue weighted by atomic mass is 16.5. The van der Waals surface area contributed by atoms with Gasteiger partial charge < -0.3 is 25.1 Å². The summed E-state index contributed by atoms with van der Waals surface area (Å²) >= 11 is 0. The number of fused-ring (bicyclic) bond motifs is 1. The molecule has 1 atom stereocenters. The van der Waals surface area contributed by atoms with Crippen LogP contribution < -0.4 is 10.6 Å². The van der Waals surface area contributed by atoms with Crippen LogP contribution in [0.25, 0.3) is 10.9 Å². The Labute approximate surface area is 200 Å². The number of hydrogen-bond acceptors (Lipinski definition) is 7. The molecule has 1 aliphatic heterocycles. The molecule has 0 amide bonds. The van der Waals surface area contributed by atoms with Gasteiger partial charge in [-0.2, -0.15) is 4.98 Å². The van der Waals surface area contributed by atoms with E-state index in [2.05, 4.69) is 74.7 Å². The van der Waals surface area contributed by atoms with Crippen LogP contribution in [-0.2, 0) is 9.47 Å². The summed E-state index contributed by atoms with van der Waals surface area (Å²) in [5.41, 5.74) is 3.92. The first-order chi connectivity index (χ1) is 16.5. The Bertz CT molecular complexity index is 1200. The van der Waals surface area contributed by atoms with Crippen LogP contribution in [0, 0.1) is 6.92 Å². The first kappa shape index (κ1) is 22.6. The fourth-order valence-electron chi connectivity index (χ4n) is 4.42. The van der Waals surface area contributed by atoms with Crippen molar-refractivity contribution in [1.29, 1.82) is 0 Å². The van der Waals surface area contributed by atoms with Crippen molar-refractivity contribution in [1.82, 2.24) is 19.9 Å². The van der Waals surface area contributed by atoms with E-state index in [4.69, 9.17) is 9.47 Å². The fourth-order valence-corrected chi connectivity index (χ4v) is 4.42. The lowest BCUT2D eigenvalue weighted by Gasteiger charge is -2.32. The minimum Gasteiger partial charge on any atom is -0.379 e. The number of nitrogens with one attached hydrogen (secondary N) is 3. The summed E-state index contributed by atoms with van der Waals surface area (Å²) in [6, 6.07) is 10.2. The zero-order valence-corrected chi connectivity index (χ0v) is 19.8. The van der Waals surface area contributed by atoms with Gasteiger partial charge in [-0.05, 0) is 50.3 Å². The molecule has 8 heteroatoms. The Kier molecular flexibility index (Phi) is 6.62. The van der Waals surface area contributed by atoms with E-state index in [9.17, 15) is 0 Å². The summed E-state index contributed by atoms with van der Waals surface area (Å²) < 4.78 is 11.7. The largest absolute Gasteiger partial charge is 0.379 e. The summed E-state index contributed by atoms with van der Waals surface area (Å²) in [5, 5.41) is 7.92. The second-order valence-electron chi connectivity index (χ2n) is 9.11. The van der Waals surface area contributed by atoms with E-state index >= 15 is 0 Å². The number of aromatic amines is 1. The average Bonchev–Trinajstić information content (AvgIpc) is 3.19. The number of ether oxygens (including phenoxy) is 2. The van der Waals surface area contributed by atoms with Crippen LogP contribution in [-0.4, -0.2) is 64.9 Å². The number of H-pyrrole nitrogens is 1. The number of hydrogen-bond donors (Lipinski definition) is 3. The lowest BCUT2D eigenvalue weighted by atomic mass is 9.95. The van der Waals surface area contributed by atoms with Crippen molar-refractivity contribution in [2.45, 2.75) is 25.9 Å². The van der Waals surface area contributed by atoms with Gasteiger partial charge in [-0.3, -0.25) is 4.90 Å². The molecular formula is C26H32N6O2. The highest BCUT2D eigenvalue weighted by molar-refractivity contribution is 5.84. The lowest BCUT2D eigenvalue weighted by molar-refractivity contribution is -0.0230. The molecular weight excluding hydrogens is 428 g/mol. The van der Waals surface area contributed by atoms with E-state index in [1.54, 1.807) is 6.20 Å². The summed E-state index contributed by atoms with van der Waals surface area (Å²) in [6.45, 7) is 9.36. The standard InChI is InChI=1S/C26H32N6O2/c1-19-16-20-17-21(5-6-23(20)28-19)29-24-7-9-27-25(31-24)30-22-4-3-8-26(2,18-22)34-15-12-32-10-13-33-14-11-32/h3-9,16-17,28H,10-15,18H2,1-2H3,(H2,27,29,30,31). The Morgan fingerprint density at radius 2 is 2.06 bits per heavy atom. The Morgan fingerprint density at radius 3 is 2.94 bits per heavy atom. The van der Waals surface area contributed by atoms with Crippen molar-refractivity contribution >= 4 is 28.4 Å². The zero-order valence-electron chi connectivity index (χ0n) is 19.8. The first-order valence-electron chi connectivity index (χ1n) is 11.8. The molecule has 0 spiro atoms. The maximum atomic E-state index is 6.27. The van der Waals surface area contributed by atoms with E-state index in [0.29, 0.717) is 12.6 Å². The average molecular weight is 461 g/mol. The minimum atomic E-state index is -0.358. The number of aryl methyl sites for hydroxylation is 1. The zero-order chi connectivity index (χ0) is 23.4.